The van der Waals surface area contributed by atoms with Gasteiger partial charge in [0.1, 0.15) is 11.0 Å². The predicted octanol–water partition coefficient (Wildman–Crippen LogP) is 2.47. The van der Waals surface area contributed by atoms with Gasteiger partial charge in [0.15, 0.2) is 0 Å². The van der Waals surface area contributed by atoms with Crippen molar-refractivity contribution in [3.8, 4) is 5.75 Å². The van der Waals surface area contributed by atoms with Crippen LogP contribution in [0.2, 0.25) is 0 Å². The Bertz CT molecular complexity index is 487. The van der Waals surface area contributed by atoms with Crippen molar-refractivity contribution in [2.45, 2.75) is 26.3 Å². The standard InChI is InChI=1S/C13H20ClNO3S/c1-4-15(19(16,17)10-14)11(2)9-12-5-7-13(18-3)8-6-12/h5-8,11H,4,9-10H2,1-3H3. The molecule has 0 spiro atoms. The number of hydrogen-bond donors (Lipinski definition) is 0. The van der Waals surface area contributed by atoms with Crippen molar-refractivity contribution in [2.75, 3.05) is 18.9 Å². The zero-order valence-electron chi connectivity index (χ0n) is 11.5. The third kappa shape index (κ3) is 4.37. The summed E-state index contributed by atoms with van der Waals surface area (Å²) in [6, 6.07) is 7.50. The molecule has 0 amide bonds. The van der Waals surface area contributed by atoms with E-state index < -0.39 is 10.0 Å². The van der Waals surface area contributed by atoms with E-state index in [1.54, 1.807) is 7.11 Å². The van der Waals surface area contributed by atoms with Crippen molar-refractivity contribution >= 4 is 21.6 Å². The van der Waals surface area contributed by atoms with Crippen molar-refractivity contribution in [3.63, 3.8) is 0 Å². The fourth-order valence-electron chi connectivity index (χ4n) is 2.05. The quantitative estimate of drug-likeness (QED) is 0.727. The molecule has 1 aromatic rings. The molecule has 0 fully saturated rings. The van der Waals surface area contributed by atoms with E-state index in [4.69, 9.17) is 16.3 Å². The summed E-state index contributed by atoms with van der Waals surface area (Å²) in [5.74, 6) is 0.789. The zero-order valence-corrected chi connectivity index (χ0v) is 13.0. The molecule has 0 aliphatic carbocycles. The highest BCUT2D eigenvalue weighted by Gasteiger charge is 2.24. The van der Waals surface area contributed by atoms with E-state index in [0.29, 0.717) is 13.0 Å². The fourth-order valence-corrected chi connectivity index (χ4v) is 3.57. The molecule has 0 bridgehead atoms. The molecule has 6 heteroatoms. The molecule has 1 unspecified atom stereocenters. The molecule has 0 heterocycles. The van der Waals surface area contributed by atoms with Crippen LogP contribution in [-0.4, -0.2) is 37.6 Å². The number of sulfonamides is 1. The Morgan fingerprint density at radius 2 is 1.89 bits per heavy atom. The first kappa shape index (κ1) is 16.3. The molecule has 0 aromatic heterocycles. The monoisotopic (exact) mass is 305 g/mol. The lowest BCUT2D eigenvalue weighted by molar-refractivity contribution is 0.350. The topological polar surface area (TPSA) is 46.6 Å². The molecular formula is C13H20ClNO3S. The molecule has 108 valence electrons. The molecule has 1 atom stereocenters. The molecule has 0 N–H and O–H groups in total. The Morgan fingerprint density at radius 1 is 1.32 bits per heavy atom. The van der Waals surface area contributed by atoms with E-state index in [2.05, 4.69) is 0 Å². The zero-order chi connectivity index (χ0) is 14.5. The molecule has 4 nitrogen and oxygen atoms in total. The fraction of sp³-hybridized carbons (Fsp3) is 0.538. The minimum atomic E-state index is -3.37. The molecule has 1 rings (SSSR count). The van der Waals surface area contributed by atoms with Gasteiger partial charge in [-0.2, -0.15) is 4.31 Å². The van der Waals surface area contributed by atoms with Crippen molar-refractivity contribution in [3.05, 3.63) is 29.8 Å². The Labute approximate surface area is 120 Å². The Hall–Kier alpha value is -0.780. The maximum Gasteiger partial charge on any atom is 0.228 e. The molecule has 1 aromatic carbocycles. The highest BCUT2D eigenvalue weighted by atomic mass is 35.5. The number of likely N-dealkylation sites (N-methyl/N-ethyl adjacent to an activating group) is 1. The molecule has 19 heavy (non-hydrogen) atoms. The van der Waals surface area contributed by atoms with E-state index in [1.165, 1.54) is 4.31 Å². The van der Waals surface area contributed by atoms with Gasteiger partial charge in [-0.1, -0.05) is 19.1 Å². The summed E-state index contributed by atoms with van der Waals surface area (Å²) < 4.78 is 30.2. The Balaban J connectivity index is 2.79. The van der Waals surface area contributed by atoms with Gasteiger partial charge in [-0.25, -0.2) is 8.42 Å². The van der Waals surface area contributed by atoms with Crippen LogP contribution in [0.25, 0.3) is 0 Å². The van der Waals surface area contributed by atoms with Crippen LogP contribution in [0.1, 0.15) is 19.4 Å². The minimum absolute atomic E-state index is 0.123. The van der Waals surface area contributed by atoms with Gasteiger partial charge in [-0.05, 0) is 31.0 Å². The lowest BCUT2D eigenvalue weighted by atomic mass is 10.1. The number of benzene rings is 1. The average Bonchev–Trinajstić information content (AvgIpc) is 2.40. The lowest BCUT2D eigenvalue weighted by Gasteiger charge is -2.26. The normalized spacial score (nSPS) is 13.5. The second-order valence-electron chi connectivity index (χ2n) is 4.33. The Kier molecular flexibility index (Phi) is 6.10. The van der Waals surface area contributed by atoms with Crippen molar-refractivity contribution in [2.24, 2.45) is 0 Å². The second kappa shape index (κ2) is 7.12. The van der Waals surface area contributed by atoms with Crippen LogP contribution in [0, 0.1) is 0 Å². The van der Waals surface area contributed by atoms with Crippen molar-refractivity contribution < 1.29 is 13.2 Å². The number of halogens is 1. The van der Waals surface area contributed by atoms with E-state index in [9.17, 15) is 8.42 Å². The van der Waals surface area contributed by atoms with E-state index in [-0.39, 0.29) is 11.3 Å². The Morgan fingerprint density at radius 3 is 2.32 bits per heavy atom. The van der Waals surface area contributed by atoms with Gasteiger partial charge in [0.2, 0.25) is 10.0 Å². The third-order valence-electron chi connectivity index (χ3n) is 2.99. The van der Waals surface area contributed by atoms with Crippen molar-refractivity contribution in [1.82, 2.24) is 4.31 Å². The maximum absolute atomic E-state index is 11.8. The van der Waals surface area contributed by atoms with Crippen LogP contribution >= 0.6 is 11.6 Å². The summed E-state index contributed by atoms with van der Waals surface area (Å²) in [5.41, 5.74) is 1.07. The third-order valence-corrected chi connectivity index (χ3v) is 5.42. The first-order valence-corrected chi connectivity index (χ1v) is 8.27. The highest BCUT2D eigenvalue weighted by Crippen LogP contribution is 2.16. The van der Waals surface area contributed by atoms with Crippen LogP contribution in [-0.2, 0) is 16.4 Å². The van der Waals surface area contributed by atoms with Gasteiger partial charge in [-0.3, -0.25) is 0 Å². The van der Waals surface area contributed by atoms with E-state index >= 15 is 0 Å². The number of methoxy groups -OCH3 is 1. The highest BCUT2D eigenvalue weighted by molar-refractivity contribution is 7.90. The van der Waals surface area contributed by atoms with Crippen LogP contribution in [0.3, 0.4) is 0 Å². The number of rotatable bonds is 7. The minimum Gasteiger partial charge on any atom is -0.497 e. The van der Waals surface area contributed by atoms with Gasteiger partial charge in [0, 0.05) is 12.6 Å². The van der Waals surface area contributed by atoms with E-state index in [1.807, 2.05) is 38.1 Å². The van der Waals surface area contributed by atoms with E-state index in [0.717, 1.165) is 11.3 Å². The summed E-state index contributed by atoms with van der Waals surface area (Å²) in [4.78, 5) is 0. The predicted molar refractivity (Wildman–Crippen MR) is 78.2 cm³/mol. The summed E-state index contributed by atoms with van der Waals surface area (Å²) in [6.45, 7) is 4.12. The van der Waals surface area contributed by atoms with Gasteiger partial charge in [-0.15, -0.1) is 11.6 Å². The van der Waals surface area contributed by atoms with Crippen LogP contribution in [0.4, 0.5) is 0 Å². The molecule has 0 saturated heterocycles. The number of hydrogen-bond acceptors (Lipinski definition) is 3. The van der Waals surface area contributed by atoms with Crippen LogP contribution in [0.5, 0.6) is 5.75 Å². The summed E-state index contributed by atoms with van der Waals surface area (Å²) >= 11 is 5.51. The average molecular weight is 306 g/mol. The van der Waals surface area contributed by atoms with Gasteiger partial charge >= 0.3 is 0 Å². The molecule has 0 aliphatic heterocycles. The first-order valence-electron chi connectivity index (χ1n) is 6.13. The molecule has 0 radical (unpaired) electrons. The summed E-state index contributed by atoms with van der Waals surface area (Å²) in [6.07, 6.45) is 0.647. The van der Waals surface area contributed by atoms with Crippen LogP contribution in [0.15, 0.2) is 24.3 Å². The lowest BCUT2D eigenvalue weighted by Crippen LogP contribution is -2.40. The van der Waals surface area contributed by atoms with Gasteiger partial charge in [0.05, 0.1) is 7.11 Å². The summed E-state index contributed by atoms with van der Waals surface area (Å²) in [7, 11) is -1.75. The first-order chi connectivity index (χ1) is 8.94. The molecular weight excluding hydrogens is 286 g/mol. The SMILES string of the molecule is CCN(C(C)Cc1ccc(OC)cc1)S(=O)(=O)CCl. The number of alkyl halides is 1. The maximum atomic E-state index is 11.8. The van der Waals surface area contributed by atoms with Gasteiger partial charge in [0.25, 0.3) is 0 Å². The summed E-state index contributed by atoms with van der Waals surface area (Å²) in [5, 5.41) is -0.381. The van der Waals surface area contributed by atoms with Gasteiger partial charge < -0.3 is 4.74 Å². The van der Waals surface area contributed by atoms with Crippen LogP contribution < -0.4 is 4.74 Å². The smallest absolute Gasteiger partial charge is 0.228 e. The molecule has 0 aliphatic rings. The van der Waals surface area contributed by atoms with Crippen molar-refractivity contribution in [1.29, 1.82) is 0 Å². The number of ether oxygens (including phenoxy) is 1. The second-order valence-corrected chi connectivity index (χ2v) is 6.83. The number of nitrogens with zero attached hydrogens (tertiary/aromatic N) is 1. The molecule has 0 saturated carbocycles. The largest absolute Gasteiger partial charge is 0.497 e.